The van der Waals surface area contributed by atoms with Gasteiger partial charge in [0.2, 0.25) is 0 Å². The van der Waals surface area contributed by atoms with Crippen LogP contribution in [0.5, 0.6) is 0 Å². The normalized spacial score (nSPS) is 12.8. The van der Waals surface area contributed by atoms with E-state index in [2.05, 4.69) is 39.1 Å². The molecule has 0 saturated heterocycles. The average molecular weight is 310 g/mol. The Bertz CT molecular complexity index is 521. The van der Waals surface area contributed by atoms with Crippen LogP contribution in [0.4, 0.5) is 0 Å². The van der Waals surface area contributed by atoms with E-state index >= 15 is 0 Å². The summed E-state index contributed by atoms with van der Waals surface area (Å²) in [5.41, 5.74) is 2.26. The maximum atomic E-state index is 4.59. The zero-order valence-corrected chi connectivity index (χ0v) is 14.0. The molecule has 0 amide bonds. The molecule has 2 aromatic rings. The van der Waals surface area contributed by atoms with Crippen LogP contribution in [0, 0.1) is 6.92 Å². The van der Waals surface area contributed by atoms with Crippen molar-refractivity contribution in [1.29, 1.82) is 0 Å². The van der Waals surface area contributed by atoms with Gasteiger partial charge in [-0.05, 0) is 37.8 Å². The van der Waals surface area contributed by atoms with Gasteiger partial charge in [-0.3, -0.25) is 0 Å². The second-order valence-electron chi connectivity index (χ2n) is 4.93. The number of rotatable bonds is 8. The monoisotopic (exact) mass is 310 g/mol. The van der Waals surface area contributed by atoms with E-state index < -0.39 is 0 Å². The minimum atomic E-state index is 0.294. The predicted octanol–water partition coefficient (Wildman–Crippen LogP) is 3.54. The van der Waals surface area contributed by atoms with Crippen molar-refractivity contribution in [3.8, 4) is 0 Å². The zero-order valence-electron chi connectivity index (χ0n) is 12.3. The molecule has 1 unspecified atom stereocenters. The average Bonchev–Trinajstić information content (AvgIpc) is 3.04. The predicted molar refractivity (Wildman–Crippen MR) is 85.5 cm³/mol. The van der Waals surface area contributed by atoms with Gasteiger partial charge in [0.05, 0.1) is 21.6 Å². The first kappa shape index (κ1) is 15.5. The summed E-state index contributed by atoms with van der Waals surface area (Å²) in [6, 6.07) is 0.294. The highest BCUT2D eigenvalue weighted by molar-refractivity contribution is 7.09. The van der Waals surface area contributed by atoms with Gasteiger partial charge in [-0.2, -0.15) is 0 Å². The quantitative estimate of drug-likeness (QED) is 0.810. The highest BCUT2D eigenvalue weighted by Crippen LogP contribution is 2.26. The lowest BCUT2D eigenvalue weighted by atomic mass is 10.1. The van der Waals surface area contributed by atoms with Gasteiger partial charge in [-0.25, -0.2) is 4.98 Å². The number of hydrogen-bond acceptors (Lipinski definition) is 6. The third-order valence-corrected chi connectivity index (χ3v) is 4.94. The van der Waals surface area contributed by atoms with Gasteiger partial charge < -0.3 is 5.32 Å². The molecule has 2 heterocycles. The summed E-state index contributed by atoms with van der Waals surface area (Å²) in [6.45, 7) is 7.43. The Morgan fingerprint density at radius 1 is 1.30 bits per heavy atom. The van der Waals surface area contributed by atoms with Crippen LogP contribution in [0.3, 0.4) is 0 Å². The first-order valence-electron chi connectivity index (χ1n) is 7.20. The molecule has 0 aliphatic carbocycles. The Morgan fingerprint density at radius 2 is 2.15 bits per heavy atom. The smallest absolute Gasteiger partial charge is 0.0947 e. The third kappa shape index (κ3) is 4.07. The van der Waals surface area contributed by atoms with Gasteiger partial charge in [0.25, 0.3) is 0 Å². The fraction of sp³-hybridized carbons (Fsp3) is 0.643. The number of hydrogen-bond donors (Lipinski definition) is 1. The molecule has 2 rings (SSSR count). The van der Waals surface area contributed by atoms with Crippen LogP contribution in [0.25, 0.3) is 0 Å². The maximum absolute atomic E-state index is 4.59. The molecule has 0 spiro atoms. The number of aromatic nitrogens is 3. The second-order valence-corrected chi connectivity index (χ2v) is 6.66. The van der Waals surface area contributed by atoms with E-state index in [4.69, 9.17) is 0 Å². The highest BCUT2D eigenvalue weighted by Gasteiger charge is 2.20. The minimum absolute atomic E-state index is 0.294. The van der Waals surface area contributed by atoms with E-state index in [0.29, 0.717) is 6.04 Å². The van der Waals surface area contributed by atoms with Crippen LogP contribution in [0.1, 0.15) is 54.0 Å². The van der Waals surface area contributed by atoms with Gasteiger partial charge in [-0.1, -0.05) is 24.8 Å². The fourth-order valence-electron chi connectivity index (χ4n) is 2.14. The summed E-state index contributed by atoms with van der Waals surface area (Å²) in [7, 11) is 0. The standard InChI is InChI=1S/C14H22N4S2/c1-4-6-11-14(20-18-17-11)12(15-7-5-2)8-13-16-10(3)9-19-13/h9,12,15H,4-8H2,1-3H3. The second kappa shape index (κ2) is 7.81. The van der Waals surface area contributed by atoms with Gasteiger partial charge in [0.15, 0.2) is 0 Å². The van der Waals surface area contributed by atoms with Crippen molar-refractivity contribution < 1.29 is 0 Å². The summed E-state index contributed by atoms with van der Waals surface area (Å²) in [5, 5.41) is 11.2. The Balaban J connectivity index is 2.15. The van der Waals surface area contributed by atoms with Crippen molar-refractivity contribution in [2.45, 2.75) is 52.5 Å². The van der Waals surface area contributed by atoms with E-state index in [1.807, 2.05) is 6.92 Å². The molecule has 2 aromatic heterocycles. The lowest BCUT2D eigenvalue weighted by Crippen LogP contribution is -2.24. The van der Waals surface area contributed by atoms with Crippen molar-refractivity contribution in [3.05, 3.63) is 26.7 Å². The first-order valence-corrected chi connectivity index (χ1v) is 8.85. The molecule has 0 fully saturated rings. The lowest BCUT2D eigenvalue weighted by Gasteiger charge is -2.16. The summed E-state index contributed by atoms with van der Waals surface area (Å²) >= 11 is 3.27. The van der Waals surface area contributed by atoms with Gasteiger partial charge in [-0.15, -0.1) is 16.4 Å². The van der Waals surface area contributed by atoms with Crippen molar-refractivity contribution in [2.75, 3.05) is 6.54 Å². The minimum Gasteiger partial charge on any atom is -0.309 e. The van der Waals surface area contributed by atoms with Crippen molar-refractivity contribution >= 4 is 22.9 Å². The number of nitrogens with one attached hydrogen (secondary N) is 1. The number of thiazole rings is 1. The molecule has 1 atom stereocenters. The molecule has 0 radical (unpaired) electrons. The van der Waals surface area contributed by atoms with E-state index in [-0.39, 0.29) is 0 Å². The van der Waals surface area contributed by atoms with E-state index in [1.165, 1.54) is 21.4 Å². The van der Waals surface area contributed by atoms with Gasteiger partial charge >= 0.3 is 0 Å². The van der Waals surface area contributed by atoms with Crippen molar-refractivity contribution in [3.63, 3.8) is 0 Å². The third-order valence-electron chi connectivity index (χ3n) is 3.07. The van der Waals surface area contributed by atoms with Gasteiger partial charge in [0, 0.05) is 17.5 Å². The Morgan fingerprint density at radius 3 is 2.80 bits per heavy atom. The fourth-order valence-corrected chi connectivity index (χ4v) is 3.73. The molecule has 1 N–H and O–H groups in total. The first-order chi connectivity index (χ1) is 9.74. The van der Waals surface area contributed by atoms with Crippen LogP contribution in [-0.4, -0.2) is 21.1 Å². The topological polar surface area (TPSA) is 50.7 Å². The SMILES string of the molecule is CCCNC(Cc1nc(C)cs1)c1snnc1CCC. The molecule has 0 saturated carbocycles. The number of nitrogens with zero attached hydrogens (tertiary/aromatic N) is 3. The molecule has 4 nitrogen and oxygen atoms in total. The zero-order chi connectivity index (χ0) is 14.4. The van der Waals surface area contributed by atoms with E-state index in [9.17, 15) is 0 Å². The largest absolute Gasteiger partial charge is 0.309 e. The van der Waals surface area contributed by atoms with E-state index in [0.717, 1.165) is 43.6 Å². The summed E-state index contributed by atoms with van der Waals surface area (Å²) in [5.74, 6) is 0. The van der Waals surface area contributed by atoms with Crippen LogP contribution < -0.4 is 5.32 Å². The molecule has 0 bridgehead atoms. The summed E-state index contributed by atoms with van der Waals surface area (Å²) in [4.78, 5) is 5.87. The van der Waals surface area contributed by atoms with Crippen molar-refractivity contribution in [2.24, 2.45) is 0 Å². The molecule has 110 valence electrons. The maximum Gasteiger partial charge on any atom is 0.0947 e. The van der Waals surface area contributed by atoms with Crippen LogP contribution in [0.2, 0.25) is 0 Å². The highest BCUT2D eigenvalue weighted by atomic mass is 32.1. The van der Waals surface area contributed by atoms with Crippen LogP contribution in [-0.2, 0) is 12.8 Å². The van der Waals surface area contributed by atoms with Crippen LogP contribution in [0.15, 0.2) is 5.38 Å². The number of aryl methyl sites for hydroxylation is 2. The van der Waals surface area contributed by atoms with E-state index in [1.54, 1.807) is 11.3 Å². The van der Waals surface area contributed by atoms with Crippen molar-refractivity contribution in [1.82, 2.24) is 19.9 Å². The van der Waals surface area contributed by atoms with Crippen LogP contribution >= 0.6 is 22.9 Å². The van der Waals surface area contributed by atoms with Gasteiger partial charge in [0.1, 0.15) is 0 Å². The Labute approximate surface area is 128 Å². The molecule has 20 heavy (non-hydrogen) atoms. The Kier molecular flexibility index (Phi) is 6.06. The lowest BCUT2D eigenvalue weighted by molar-refractivity contribution is 0.530. The molecule has 0 aromatic carbocycles. The summed E-state index contributed by atoms with van der Waals surface area (Å²) < 4.78 is 4.15. The summed E-state index contributed by atoms with van der Waals surface area (Å²) in [6.07, 6.45) is 4.17. The molecule has 0 aliphatic rings. The molecular weight excluding hydrogens is 288 g/mol. The molecule has 0 aliphatic heterocycles. The Hall–Kier alpha value is -0.850. The molecule has 6 heteroatoms. The molecular formula is C14H22N4S2.